The third kappa shape index (κ3) is 4.60. The molecular weight excluding hydrogens is 292 g/mol. The highest BCUT2D eigenvalue weighted by Crippen LogP contribution is 2.13. The lowest BCUT2D eigenvalue weighted by molar-refractivity contribution is 0.101. The molecule has 1 aromatic heterocycles. The number of benzene rings is 1. The van der Waals surface area contributed by atoms with Crippen LogP contribution in [-0.4, -0.2) is 27.7 Å². The summed E-state index contributed by atoms with van der Waals surface area (Å²) in [5.74, 6) is 0.0914. The lowest BCUT2D eigenvalue weighted by Gasteiger charge is -2.11. The van der Waals surface area contributed by atoms with Gasteiger partial charge in [-0.25, -0.2) is 9.97 Å². The van der Waals surface area contributed by atoms with Crippen LogP contribution in [0.25, 0.3) is 0 Å². The summed E-state index contributed by atoms with van der Waals surface area (Å²) in [5.41, 5.74) is 2.20. The van der Waals surface area contributed by atoms with Crippen molar-refractivity contribution < 1.29 is 9.59 Å². The Kier molecular flexibility index (Phi) is 5.05. The van der Waals surface area contributed by atoms with Gasteiger partial charge in [0, 0.05) is 23.0 Å². The lowest BCUT2D eigenvalue weighted by Crippen LogP contribution is -2.18. The molecule has 0 bridgehead atoms. The minimum atomic E-state index is -0.321. The van der Waals surface area contributed by atoms with Crippen molar-refractivity contribution >= 4 is 23.3 Å². The number of hydrogen-bond donors (Lipinski definition) is 2. The van der Waals surface area contributed by atoms with E-state index in [1.165, 1.54) is 6.92 Å². The highest BCUT2D eigenvalue weighted by Gasteiger charge is 2.12. The number of ketones is 1. The summed E-state index contributed by atoms with van der Waals surface area (Å²) in [5, 5.41) is 5.85. The Morgan fingerprint density at radius 2 is 1.74 bits per heavy atom. The number of Topliss-reactive ketones (excluding diaryl/α,β-unsaturated/α-hetero) is 1. The monoisotopic (exact) mass is 312 g/mol. The van der Waals surface area contributed by atoms with E-state index >= 15 is 0 Å². The first-order valence-corrected chi connectivity index (χ1v) is 7.39. The van der Waals surface area contributed by atoms with E-state index in [2.05, 4.69) is 20.6 Å². The fourth-order valence-corrected chi connectivity index (χ4v) is 1.99. The normalized spacial score (nSPS) is 10.5. The Balaban J connectivity index is 2.16. The van der Waals surface area contributed by atoms with Crippen molar-refractivity contribution in [2.75, 3.05) is 10.6 Å². The predicted octanol–water partition coefficient (Wildman–Crippen LogP) is 3.06. The molecule has 23 heavy (non-hydrogen) atoms. The number of amides is 1. The van der Waals surface area contributed by atoms with Gasteiger partial charge in [-0.1, -0.05) is 0 Å². The maximum atomic E-state index is 12.3. The van der Waals surface area contributed by atoms with Gasteiger partial charge >= 0.3 is 0 Å². The molecule has 0 radical (unpaired) electrons. The maximum Gasteiger partial charge on any atom is 0.274 e. The predicted molar refractivity (Wildman–Crippen MR) is 89.9 cm³/mol. The molecule has 0 fully saturated rings. The first kappa shape index (κ1) is 16.6. The smallest absolute Gasteiger partial charge is 0.274 e. The largest absolute Gasteiger partial charge is 0.352 e. The topological polar surface area (TPSA) is 84.0 Å². The van der Waals surface area contributed by atoms with Gasteiger partial charge in [0.2, 0.25) is 5.95 Å². The van der Waals surface area contributed by atoms with Gasteiger partial charge in [0.05, 0.1) is 0 Å². The number of aromatic nitrogens is 2. The molecule has 1 heterocycles. The second-order valence-electron chi connectivity index (χ2n) is 5.60. The van der Waals surface area contributed by atoms with E-state index < -0.39 is 0 Å². The molecule has 2 N–H and O–H groups in total. The molecule has 0 unspecified atom stereocenters. The molecule has 1 aromatic carbocycles. The Bertz CT molecular complexity index is 724. The Labute approximate surface area is 135 Å². The van der Waals surface area contributed by atoms with Crippen LogP contribution < -0.4 is 10.6 Å². The van der Waals surface area contributed by atoms with Crippen LogP contribution in [-0.2, 0) is 0 Å². The third-order valence-electron chi connectivity index (χ3n) is 3.05. The Hall–Kier alpha value is -2.76. The summed E-state index contributed by atoms with van der Waals surface area (Å²) in [6, 6.07) is 8.53. The van der Waals surface area contributed by atoms with Crippen molar-refractivity contribution in [1.29, 1.82) is 0 Å². The minimum absolute atomic E-state index is 0.0151. The van der Waals surface area contributed by atoms with Gasteiger partial charge in [-0.3, -0.25) is 9.59 Å². The SMILES string of the molecule is CC(=O)c1ccc(NC(=O)c2cc(C)nc(NC(C)C)n2)cc1. The molecule has 1 amide bonds. The standard InChI is InChI=1S/C17H20N4O2/c1-10(2)18-17-19-11(3)9-15(21-17)16(23)20-14-7-5-13(6-8-14)12(4)22/h5-10H,1-4H3,(H,20,23)(H,18,19,21). The molecule has 0 atom stereocenters. The molecular formula is C17H20N4O2. The Morgan fingerprint density at radius 1 is 1.09 bits per heavy atom. The van der Waals surface area contributed by atoms with E-state index in [4.69, 9.17) is 0 Å². The molecule has 0 aliphatic carbocycles. The first-order valence-electron chi connectivity index (χ1n) is 7.39. The quantitative estimate of drug-likeness (QED) is 0.829. The number of anilines is 2. The van der Waals surface area contributed by atoms with Gasteiger partial charge in [0.15, 0.2) is 5.78 Å². The zero-order chi connectivity index (χ0) is 17.0. The second kappa shape index (κ2) is 7.00. The second-order valence-corrected chi connectivity index (χ2v) is 5.60. The van der Waals surface area contributed by atoms with E-state index in [0.717, 1.165) is 0 Å². The van der Waals surface area contributed by atoms with Crippen LogP contribution in [0.2, 0.25) is 0 Å². The summed E-state index contributed by atoms with van der Waals surface area (Å²) in [6.07, 6.45) is 0. The fraction of sp³-hybridized carbons (Fsp3) is 0.294. The van der Waals surface area contributed by atoms with Gasteiger partial charge in [-0.15, -0.1) is 0 Å². The fourth-order valence-electron chi connectivity index (χ4n) is 1.99. The maximum absolute atomic E-state index is 12.3. The molecule has 0 spiro atoms. The molecule has 0 aliphatic heterocycles. The van der Waals surface area contributed by atoms with Crippen LogP contribution >= 0.6 is 0 Å². The van der Waals surface area contributed by atoms with Crippen LogP contribution in [0.1, 0.15) is 47.3 Å². The van der Waals surface area contributed by atoms with Gasteiger partial charge in [0.25, 0.3) is 5.91 Å². The molecule has 2 aromatic rings. The van der Waals surface area contributed by atoms with Gasteiger partial charge in [-0.05, 0) is 58.0 Å². The summed E-state index contributed by atoms with van der Waals surface area (Å²) in [7, 11) is 0. The Morgan fingerprint density at radius 3 is 2.30 bits per heavy atom. The highest BCUT2D eigenvalue weighted by atomic mass is 16.2. The molecule has 0 saturated carbocycles. The zero-order valence-electron chi connectivity index (χ0n) is 13.7. The van der Waals surface area contributed by atoms with Crippen LogP contribution in [0, 0.1) is 6.92 Å². The molecule has 120 valence electrons. The lowest BCUT2D eigenvalue weighted by atomic mass is 10.1. The van der Waals surface area contributed by atoms with Gasteiger partial charge < -0.3 is 10.6 Å². The van der Waals surface area contributed by atoms with Crippen molar-refractivity contribution in [2.24, 2.45) is 0 Å². The molecule has 0 aliphatic rings. The van der Waals surface area contributed by atoms with Gasteiger partial charge in [0.1, 0.15) is 5.69 Å². The van der Waals surface area contributed by atoms with E-state index in [1.54, 1.807) is 30.3 Å². The van der Waals surface area contributed by atoms with Gasteiger partial charge in [-0.2, -0.15) is 0 Å². The molecule has 2 rings (SSSR count). The van der Waals surface area contributed by atoms with E-state index in [9.17, 15) is 9.59 Å². The van der Waals surface area contributed by atoms with Crippen LogP contribution in [0.3, 0.4) is 0 Å². The summed E-state index contributed by atoms with van der Waals surface area (Å²) < 4.78 is 0. The third-order valence-corrected chi connectivity index (χ3v) is 3.05. The number of nitrogens with one attached hydrogen (secondary N) is 2. The van der Waals surface area contributed by atoms with Crippen molar-refractivity contribution in [3.8, 4) is 0 Å². The zero-order valence-corrected chi connectivity index (χ0v) is 13.7. The minimum Gasteiger partial charge on any atom is -0.352 e. The van der Waals surface area contributed by atoms with E-state index in [0.29, 0.717) is 22.9 Å². The number of hydrogen-bond acceptors (Lipinski definition) is 5. The summed E-state index contributed by atoms with van der Waals surface area (Å²) in [4.78, 5) is 32.1. The van der Waals surface area contributed by atoms with Crippen molar-refractivity contribution in [3.05, 3.63) is 47.3 Å². The van der Waals surface area contributed by atoms with Crippen LogP contribution in [0.15, 0.2) is 30.3 Å². The molecule has 6 heteroatoms. The van der Waals surface area contributed by atoms with E-state index in [-0.39, 0.29) is 23.4 Å². The highest BCUT2D eigenvalue weighted by molar-refractivity contribution is 6.03. The number of nitrogens with zero attached hydrogens (tertiary/aromatic N) is 2. The van der Waals surface area contributed by atoms with Crippen LogP contribution in [0.5, 0.6) is 0 Å². The number of carbonyl (C=O) groups excluding carboxylic acids is 2. The van der Waals surface area contributed by atoms with Crippen molar-refractivity contribution in [3.63, 3.8) is 0 Å². The van der Waals surface area contributed by atoms with Crippen molar-refractivity contribution in [1.82, 2.24) is 9.97 Å². The number of rotatable bonds is 5. The summed E-state index contributed by atoms with van der Waals surface area (Å²) >= 11 is 0. The molecule has 6 nitrogen and oxygen atoms in total. The summed E-state index contributed by atoms with van der Waals surface area (Å²) in [6.45, 7) is 7.26. The number of carbonyl (C=O) groups is 2. The average Bonchev–Trinajstić information content (AvgIpc) is 2.46. The first-order chi connectivity index (χ1) is 10.8. The molecule has 0 saturated heterocycles. The van der Waals surface area contributed by atoms with E-state index in [1.807, 2.05) is 20.8 Å². The average molecular weight is 312 g/mol. The number of aryl methyl sites for hydroxylation is 1. The van der Waals surface area contributed by atoms with Crippen molar-refractivity contribution in [2.45, 2.75) is 33.7 Å². The van der Waals surface area contributed by atoms with Crippen LogP contribution in [0.4, 0.5) is 11.6 Å².